The number of hydrogen-bond acceptors (Lipinski definition) is 7. The minimum Gasteiger partial charge on any atom is -0.462 e. The van der Waals surface area contributed by atoms with Gasteiger partial charge in [0.2, 0.25) is 0 Å². The maximum Gasteiger partial charge on any atom is 0.340 e. The van der Waals surface area contributed by atoms with Crippen LogP contribution in [0.4, 0.5) is 5.69 Å². The van der Waals surface area contributed by atoms with E-state index in [-0.39, 0.29) is 35.8 Å². The van der Waals surface area contributed by atoms with Crippen molar-refractivity contribution >= 4 is 29.6 Å². The van der Waals surface area contributed by atoms with E-state index in [1.165, 1.54) is 12.1 Å². The van der Waals surface area contributed by atoms with E-state index in [1.54, 1.807) is 68.4 Å². The molecule has 0 radical (unpaired) electrons. The molecule has 3 aromatic rings. The fourth-order valence-corrected chi connectivity index (χ4v) is 3.03. The van der Waals surface area contributed by atoms with Gasteiger partial charge in [-0.1, -0.05) is 24.3 Å². The minimum atomic E-state index is -0.698. The molecule has 34 heavy (non-hydrogen) atoms. The second-order valence-corrected chi connectivity index (χ2v) is 6.89. The van der Waals surface area contributed by atoms with Crippen molar-refractivity contribution in [2.45, 2.75) is 13.8 Å². The van der Waals surface area contributed by atoms with Gasteiger partial charge in [0.1, 0.15) is 23.2 Å². The van der Waals surface area contributed by atoms with Crippen LogP contribution >= 0.6 is 0 Å². The predicted molar refractivity (Wildman–Crippen MR) is 125 cm³/mol. The van der Waals surface area contributed by atoms with E-state index in [0.717, 1.165) is 0 Å². The molecule has 0 fully saturated rings. The lowest BCUT2D eigenvalue weighted by atomic mass is 10.1. The number of ether oxygens (including phenoxy) is 2. The summed E-state index contributed by atoms with van der Waals surface area (Å²) in [4.78, 5) is 36.6. The molecular formula is C26H22N2O6. The summed E-state index contributed by atoms with van der Waals surface area (Å²) in [5.74, 6) is -0.908. The Balaban J connectivity index is 1.77. The Kier molecular flexibility index (Phi) is 7.97. The van der Waals surface area contributed by atoms with E-state index in [4.69, 9.17) is 13.9 Å². The van der Waals surface area contributed by atoms with Crippen molar-refractivity contribution in [3.8, 4) is 17.4 Å². The topological polar surface area (TPSA) is 119 Å². The van der Waals surface area contributed by atoms with E-state index in [9.17, 15) is 19.6 Å². The molecule has 1 N–H and O–H groups in total. The SMILES string of the molecule is CCOC(=O)c1ccc(-c2ccc(/C=C(\C#N)C(=O)Nc3ccccc3C(=O)OCC)o2)cc1. The summed E-state index contributed by atoms with van der Waals surface area (Å²) >= 11 is 0. The lowest BCUT2D eigenvalue weighted by Crippen LogP contribution is -2.17. The Morgan fingerprint density at radius 3 is 2.29 bits per heavy atom. The van der Waals surface area contributed by atoms with Crippen molar-refractivity contribution in [3.05, 3.63) is 83.1 Å². The van der Waals surface area contributed by atoms with Crippen molar-refractivity contribution in [1.82, 2.24) is 0 Å². The fraction of sp³-hybridized carbons (Fsp3) is 0.154. The number of rotatable bonds is 8. The Labute approximate surface area is 196 Å². The summed E-state index contributed by atoms with van der Waals surface area (Å²) in [5, 5.41) is 12.1. The smallest absolute Gasteiger partial charge is 0.340 e. The van der Waals surface area contributed by atoms with Gasteiger partial charge >= 0.3 is 11.9 Å². The first-order valence-corrected chi connectivity index (χ1v) is 10.5. The van der Waals surface area contributed by atoms with Crippen LogP contribution in [-0.4, -0.2) is 31.1 Å². The third-order valence-electron chi connectivity index (χ3n) is 4.63. The van der Waals surface area contributed by atoms with Gasteiger partial charge in [-0.2, -0.15) is 5.26 Å². The molecule has 0 saturated heterocycles. The second-order valence-electron chi connectivity index (χ2n) is 6.89. The van der Waals surface area contributed by atoms with Crippen LogP contribution in [0.2, 0.25) is 0 Å². The van der Waals surface area contributed by atoms with E-state index >= 15 is 0 Å². The molecule has 172 valence electrons. The number of para-hydroxylation sites is 1. The zero-order valence-electron chi connectivity index (χ0n) is 18.7. The average Bonchev–Trinajstić information content (AvgIpc) is 3.32. The Morgan fingerprint density at radius 2 is 1.62 bits per heavy atom. The fourth-order valence-electron chi connectivity index (χ4n) is 3.03. The third kappa shape index (κ3) is 5.78. The number of nitriles is 1. The van der Waals surface area contributed by atoms with Crippen LogP contribution in [0.3, 0.4) is 0 Å². The molecule has 0 aliphatic rings. The molecule has 0 unspecified atom stereocenters. The highest BCUT2D eigenvalue weighted by molar-refractivity contribution is 6.11. The van der Waals surface area contributed by atoms with Crippen molar-refractivity contribution in [1.29, 1.82) is 5.26 Å². The molecule has 2 aromatic carbocycles. The van der Waals surface area contributed by atoms with E-state index < -0.39 is 17.8 Å². The summed E-state index contributed by atoms with van der Waals surface area (Å²) in [5.41, 5.74) is 1.33. The minimum absolute atomic E-state index is 0.182. The third-order valence-corrected chi connectivity index (χ3v) is 4.63. The van der Waals surface area contributed by atoms with Crippen molar-refractivity contribution < 1.29 is 28.3 Å². The molecule has 8 heteroatoms. The molecule has 1 aromatic heterocycles. The van der Waals surface area contributed by atoms with Crippen LogP contribution in [0.1, 0.15) is 40.3 Å². The Morgan fingerprint density at radius 1 is 0.941 bits per heavy atom. The summed E-state index contributed by atoms with van der Waals surface area (Å²) in [6.45, 7) is 3.90. The highest BCUT2D eigenvalue weighted by Crippen LogP contribution is 2.24. The van der Waals surface area contributed by atoms with Gasteiger partial charge < -0.3 is 19.2 Å². The molecule has 0 atom stereocenters. The van der Waals surface area contributed by atoms with Crippen molar-refractivity contribution in [2.24, 2.45) is 0 Å². The Bertz CT molecular complexity index is 1260. The first-order valence-electron chi connectivity index (χ1n) is 10.5. The number of nitrogens with one attached hydrogen (secondary N) is 1. The van der Waals surface area contributed by atoms with Crippen LogP contribution in [-0.2, 0) is 14.3 Å². The number of hydrogen-bond donors (Lipinski definition) is 1. The van der Waals surface area contributed by atoms with Gasteiger partial charge in [-0.3, -0.25) is 4.79 Å². The van der Waals surface area contributed by atoms with Crippen LogP contribution in [0.5, 0.6) is 0 Å². The van der Waals surface area contributed by atoms with Crippen LogP contribution in [0, 0.1) is 11.3 Å². The lowest BCUT2D eigenvalue weighted by molar-refractivity contribution is -0.112. The molecule has 0 saturated carbocycles. The number of carbonyl (C=O) groups excluding carboxylic acids is 3. The summed E-state index contributed by atoms with van der Waals surface area (Å²) in [6, 6.07) is 18.2. The first-order chi connectivity index (χ1) is 16.5. The number of benzene rings is 2. The predicted octanol–water partition coefficient (Wildman–Crippen LogP) is 4.85. The molecule has 0 aliphatic heterocycles. The highest BCUT2D eigenvalue weighted by atomic mass is 16.5. The first kappa shape index (κ1) is 24.0. The lowest BCUT2D eigenvalue weighted by Gasteiger charge is -2.09. The molecular weight excluding hydrogens is 436 g/mol. The normalized spacial score (nSPS) is 10.8. The van der Waals surface area contributed by atoms with Crippen LogP contribution in [0.25, 0.3) is 17.4 Å². The van der Waals surface area contributed by atoms with E-state index in [1.807, 2.05) is 6.07 Å². The zero-order valence-corrected chi connectivity index (χ0v) is 18.7. The summed E-state index contributed by atoms with van der Waals surface area (Å²) in [7, 11) is 0. The largest absolute Gasteiger partial charge is 0.462 e. The van der Waals surface area contributed by atoms with Crippen LogP contribution < -0.4 is 5.32 Å². The molecule has 0 bridgehead atoms. The van der Waals surface area contributed by atoms with Gasteiger partial charge in [-0.15, -0.1) is 0 Å². The quantitative estimate of drug-likeness (QED) is 0.291. The highest BCUT2D eigenvalue weighted by Gasteiger charge is 2.17. The van der Waals surface area contributed by atoms with Gasteiger partial charge in [-0.25, -0.2) is 9.59 Å². The van der Waals surface area contributed by atoms with Gasteiger partial charge in [0.25, 0.3) is 5.91 Å². The number of furan rings is 1. The van der Waals surface area contributed by atoms with Crippen molar-refractivity contribution in [3.63, 3.8) is 0 Å². The van der Waals surface area contributed by atoms with Crippen LogP contribution in [0.15, 0.2) is 70.7 Å². The summed E-state index contributed by atoms with van der Waals surface area (Å²) in [6.07, 6.45) is 1.30. The van der Waals surface area contributed by atoms with E-state index in [0.29, 0.717) is 16.9 Å². The van der Waals surface area contributed by atoms with Gasteiger partial charge in [0.15, 0.2) is 0 Å². The number of esters is 2. The summed E-state index contributed by atoms with van der Waals surface area (Å²) < 4.78 is 15.7. The number of carbonyl (C=O) groups is 3. The average molecular weight is 458 g/mol. The number of anilines is 1. The molecule has 3 rings (SSSR count). The van der Waals surface area contributed by atoms with Crippen molar-refractivity contribution in [2.75, 3.05) is 18.5 Å². The Hall–Kier alpha value is -4.64. The monoisotopic (exact) mass is 458 g/mol. The van der Waals surface area contributed by atoms with Gasteiger partial charge in [0, 0.05) is 11.6 Å². The maximum atomic E-state index is 12.7. The molecule has 1 heterocycles. The number of amides is 1. The maximum absolute atomic E-state index is 12.7. The molecule has 1 amide bonds. The molecule has 0 spiro atoms. The van der Waals surface area contributed by atoms with Gasteiger partial charge in [0.05, 0.1) is 30.0 Å². The molecule has 8 nitrogen and oxygen atoms in total. The zero-order chi connectivity index (χ0) is 24.5. The van der Waals surface area contributed by atoms with Gasteiger partial charge in [-0.05, 0) is 50.2 Å². The second kappa shape index (κ2) is 11.3. The molecule has 0 aliphatic carbocycles. The van der Waals surface area contributed by atoms with E-state index in [2.05, 4.69) is 5.32 Å². The standard InChI is InChI=1S/C26H22N2O6/c1-3-32-25(30)18-11-9-17(10-12-18)23-14-13-20(34-23)15-19(16-27)24(29)28-22-8-6-5-7-21(22)26(31)33-4-2/h5-15H,3-4H2,1-2H3,(H,28,29)/b19-15+. The number of nitrogens with zero attached hydrogens (tertiary/aromatic N) is 1.